The van der Waals surface area contributed by atoms with E-state index in [0.717, 1.165) is 0 Å². The zero-order valence-corrected chi connectivity index (χ0v) is 13.7. The fraction of sp³-hybridized carbons (Fsp3) is 0.294. The van der Waals surface area contributed by atoms with Crippen LogP contribution in [0.3, 0.4) is 0 Å². The maximum atomic E-state index is 13.2. The third-order valence-electron chi connectivity index (χ3n) is 3.90. The monoisotopic (exact) mass is 369 g/mol. The number of aromatic nitrogens is 2. The Hall–Kier alpha value is -2.84. The number of carbonyl (C=O) groups is 1. The van der Waals surface area contributed by atoms with Crippen LogP contribution in [0.25, 0.3) is 11.6 Å². The van der Waals surface area contributed by atoms with Crippen LogP contribution in [0.4, 0.5) is 22.4 Å². The van der Waals surface area contributed by atoms with Crippen molar-refractivity contribution in [3.63, 3.8) is 0 Å². The van der Waals surface area contributed by atoms with Crippen molar-refractivity contribution >= 4 is 17.7 Å². The van der Waals surface area contributed by atoms with Crippen molar-refractivity contribution < 1.29 is 27.1 Å². The van der Waals surface area contributed by atoms with Gasteiger partial charge in [0.1, 0.15) is 11.5 Å². The summed E-state index contributed by atoms with van der Waals surface area (Å²) in [6.45, 7) is 1.49. The van der Waals surface area contributed by atoms with Gasteiger partial charge in [0.15, 0.2) is 0 Å². The lowest BCUT2D eigenvalue weighted by Gasteiger charge is -2.28. The normalized spacial score (nSPS) is 15.9. The molecule has 0 fully saturated rings. The molecule has 1 aliphatic rings. The first kappa shape index (κ1) is 18.0. The van der Waals surface area contributed by atoms with Crippen molar-refractivity contribution in [2.75, 3.05) is 13.2 Å². The van der Waals surface area contributed by atoms with Gasteiger partial charge in [-0.25, -0.2) is 9.18 Å². The molecule has 0 unspecified atom stereocenters. The molecule has 0 aliphatic carbocycles. The Morgan fingerprint density at radius 3 is 2.62 bits per heavy atom. The van der Waals surface area contributed by atoms with E-state index in [0.29, 0.717) is 11.1 Å². The molecule has 2 aromatic rings. The lowest BCUT2D eigenvalue weighted by atomic mass is 9.98. The molecule has 0 spiro atoms. The highest BCUT2D eigenvalue weighted by Gasteiger charge is 2.40. The van der Waals surface area contributed by atoms with E-state index in [1.54, 1.807) is 13.0 Å². The van der Waals surface area contributed by atoms with Gasteiger partial charge in [0.05, 0.1) is 25.4 Å². The number of benzene rings is 1. The van der Waals surface area contributed by atoms with Crippen molar-refractivity contribution in [3.05, 3.63) is 52.6 Å². The molecular weight excluding hydrogens is 354 g/mol. The molecule has 0 bridgehead atoms. The highest BCUT2D eigenvalue weighted by atomic mass is 19.4. The fourth-order valence-electron chi connectivity index (χ4n) is 2.76. The van der Waals surface area contributed by atoms with Crippen molar-refractivity contribution in [1.29, 1.82) is 0 Å². The second kappa shape index (κ2) is 6.81. The van der Waals surface area contributed by atoms with Crippen LogP contribution >= 0.6 is 0 Å². The predicted octanol–water partition coefficient (Wildman–Crippen LogP) is 4.08. The van der Waals surface area contributed by atoms with E-state index < -0.39 is 23.8 Å². The number of nitrogens with one attached hydrogen (secondary N) is 1. The quantitative estimate of drug-likeness (QED) is 0.812. The van der Waals surface area contributed by atoms with Crippen molar-refractivity contribution in [2.45, 2.75) is 19.6 Å². The number of amides is 1. The molecule has 2 heterocycles. The highest BCUT2D eigenvalue weighted by molar-refractivity contribution is 5.86. The van der Waals surface area contributed by atoms with Crippen LogP contribution < -0.4 is 0 Å². The van der Waals surface area contributed by atoms with E-state index in [1.807, 2.05) is 5.10 Å². The molecule has 3 rings (SSSR count). The van der Waals surface area contributed by atoms with Gasteiger partial charge in [-0.3, -0.25) is 10.00 Å². The molecular formula is C17H15F4N3O2. The summed E-state index contributed by atoms with van der Waals surface area (Å²) in [6, 6.07) is 5.46. The molecule has 9 heteroatoms. The Kier molecular flexibility index (Phi) is 4.71. The minimum absolute atomic E-state index is 0.0331. The average Bonchev–Trinajstić information content (AvgIpc) is 3.01. The second-order valence-electron chi connectivity index (χ2n) is 5.70. The Morgan fingerprint density at radius 1 is 1.31 bits per heavy atom. The number of carbonyl (C=O) groups excluding carboxylic acids is 1. The first-order valence-electron chi connectivity index (χ1n) is 7.82. The van der Waals surface area contributed by atoms with E-state index in [1.165, 1.54) is 29.2 Å². The summed E-state index contributed by atoms with van der Waals surface area (Å²) < 4.78 is 57.6. The van der Waals surface area contributed by atoms with Gasteiger partial charge < -0.3 is 4.74 Å². The maximum absolute atomic E-state index is 13.2. The molecule has 1 amide bonds. The number of H-pyrrole nitrogens is 1. The first-order valence-corrected chi connectivity index (χ1v) is 7.82. The number of hydrogen-bond acceptors (Lipinski definition) is 3. The summed E-state index contributed by atoms with van der Waals surface area (Å²) in [4.78, 5) is 13.2. The first-order chi connectivity index (χ1) is 12.3. The van der Waals surface area contributed by atoms with Gasteiger partial charge in [-0.1, -0.05) is 12.1 Å². The Morgan fingerprint density at radius 2 is 2.00 bits per heavy atom. The van der Waals surface area contributed by atoms with Crippen LogP contribution in [0.1, 0.15) is 29.4 Å². The van der Waals surface area contributed by atoms with Gasteiger partial charge in [0, 0.05) is 11.1 Å². The molecule has 138 valence electrons. The summed E-state index contributed by atoms with van der Waals surface area (Å²) in [6.07, 6.45) is -3.76. The zero-order valence-electron chi connectivity index (χ0n) is 13.7. The third kappa shape index (κ3) is 3.56. The highest BCUT2D eigenvalue weighted by Crippen LogP contribution is 2.37. The topological polar surface area (TPSA) is 58.2 Å². The van der Waals surface area contributed by atoms with E-state index in [-0.39, 0.29) is 31.0 Å². The number of alkyl halides is 3. The summed E-state index contributed by atoms with van der Waals surface area (Å²) in [7, 11) is 0. The van der Waals surface area contributed by atoms with Gasteiger partial charge in [-0.15, -0.1) is 0 Å². The summed E-state index contributed by atoms with van der Waals surface area (Å²) in [5.74, 6) is -0.427. The van der Waals surface area contributed by atoms with Crippen LogP contribution in [-0.2, 0) is 17.5 Å². The van der Waals surface area contributed by atoms with Crippen molar-refractivity contribution in [2.24, 2.45) is 0 Å². The summed E-state index contributed by atoms with van der Waals surface area (Å²) in [5.41, 5.74) is 0.00569. The molecule has 1 N–H and O–H groups in total. The SMILES string of the molecule is CCOC(=O)N1CC(=Cc2ccc(F)cc2)c2n[nH]c(C(F)(F)F)c2C1. The Labute approximate surface area is 146 Å². The molecule has 26 heavy (non-hydrogen) atoms. The molecule has 0 radical (unpaired) electrons. The minimum Gasteiger partial charge on any atom is -0.450 e. The number of hydrogen-bond donors (Lipinski definition) is 1. The molecule has 1 aromatic carbocycles. The van der Waals surface area contributed by atoms with Gasteiger partial charge >= 0.3 is 12.3 Å². The zero-order chi connectivity index (χ0) is 18.9. The van der Waals surface area contributed by atoms with Gasteiger partial charge in [0.25, 0.3) is 0 Å². The number of fused-ring (bicyclic) bond motifs is 1. The number of halogens is 4. The molecule has 0 atom stereocenters. The van der Waals surface area contributed by atoms with Gasteiger partial charge in [0.2, 0.25) is 0 Å². The van der Waals surface area contributed by atoms with Gasteiger partial charge in [-0.2, -0.15) is 18.3 Å². The van der Waals surface area contributed by atoms with E-state index >= 15 is 0 Å². The Balaban J connectivity index is 2.05. The van der Waals surface area contributed by atoms with Crippen molar-refractivity contribution in [3.8, 4) is 0 Å². The Bertz CT molecular complexity index is 841. The molecule has 0 saturated carbocycles. The average molecular weight is 369 g/mol. The largest absolute Gasteiger partial charge is 0.450 e. The number of ether oxygens (including phenoxy) is 1. The molecule has 1 aliphatic heterocycles. The minimum atomic E-state index is -4.63. The third-order valence-corrected chi connectivity index (χ3v) is 3.90. The van der Waals surface area contributed by atoms with Crippen LogP contribution in [0.2, 0.25) is 0 Å². The second-order valence-corrected chi connectivity index (χ2v) is 5.70. The predicted molar refractivity (Wildman–Crippen MR) is 85.3 cm³/mol. The molecule has 0 saturated heterocycles. The lowest BCUT2D eigenvalue weighted by Crippen LogP contribution is -2.36. The van der Waals surface area contributed by atoms with Crippen molar-refractivity contribution in [1.82, 2.24) is 15.1 Å². The van der Waals surface area contributed by atoms with Gasteiger partial charge in [-0.05, 0) is 30.7 Å². The molecule has 1 aromatic heterocycles. The van der Waals surface area contributed by atoms with E-state index in [9.17, 15) is 22.4 Å². The molecule has 5 nitrogen and oxygen atoms in total. The van der Waals surface area contributed by atoms with Crippen LogP contribution in [-0.4, -0.2) is 34.3 Å². The van der Waals surface area contributed by atoms with E-state index in [4.69, 9.17) is 4.74 Å². The van der Waals surface area contributed by atoms with Crippen LogP contribution in [0.15, 0.2) is 24.3 Å². The fourth-order valence-corrected chi connectivity index (χ4v) is 2.76. The standard InChI is InChI=1S/C17H15F4N3O2/c1-2-26-16(25)24-8-11(7-10-3-5-12(18)6-4-10)14-13(9-24)15(23-22-14)17(19,20)21/h3-7H,2,8-9H2,1H3,(H,22,23). The number of nitrogens with zero attached hydrogens (tertiary/aromatic N) is 2. The van der Waals surface area contributed by atoms with E-state index in [2.05, 4.69) is 5.10 Å². The summed E-state index contributed by atoms with van der Waals surface area (Å²) in [5, 5.41) is 5.81. The maximum Gasteiger partial charge on any atom is 0.433 e. The van der Waals surface area contributed by atoms with Crippen LogP contribution in [0, 0.1) is 5.82 Å². The lowest BCUT2D eigenvalue weighted by molar-refractivity contribution is -0.142. The van der Waals surface area contributed by atoms with Crippen LogP contribution in [0.5, 0.6) is 0 Å². The number of aromatic amines is 1. The smallest absolute Gasteiger partial charge is 0.433 e. The summed E-state index contributed by atoms with van der Waals surface area (Å²) >= 11 is 0. The number of rotatable bonds is 2.